The number of hydrogen-bond acceptors (Lipinski definition) is 5. The molecule has 0 aromatic heterocycles. The summed E-state index contributed by atoms with van der Waals surface area (Å²) < 4.78 is 4.79. The molecule has 5 heteroatoms. The summed E-state index contributed by atoms with van der Waals surface area (Å²) in [5, 5.41) is 12.8. The minimum atomic E-state index is -0.769. The number of aliphatic hydroxyl groups is 1. The summed E-state index contributed by atoms with van der Waals surface area (Å²) in [6.45, 7) is 8.23. The molecule has 0 fully saturated rings. The maximum absolute atomic E-state index is 11.2. The number of esters is 1. The zero-order chi connectivity index (χ0) is 12.6. The average Bonchev–Trinajstić information content (AvgIpc) is 2.17. The molecule has 4 nitrogen and oxygen atoms in total. The minimum absolute atomic E-state index is 0.337. The number of thioether (sulfide) groups is 1. The number of carbonyl (C=O) groups is 1. The highest BCUT2D eigenvalue weighted by atomic mass is 32.2. The Labute approximate surface area is 101 Å². The van der Waals surface area contributed by atoms with Crippen LogP contribution in [0.3, 0.4) is 0 Å². The van der Waals surface area contributed by atoms with Crippen molar-refractivity contribution in [2.45, 2.75) is 19.4 Å². The molecule has 2 N–H and O–H groups in total. The molecule has 0 aliphatic carbocycles. The monoisotopic (exact) mass is 247 g/mol. The van der Waals surface area contributed by atoms with E-state index < -0.39 is 5.60 Å². The molecule has 0 saturated heterocycles. The summed E-state index contributed by atoms with van der Waals surface area (Å²) in [5.41, 5.74) is -0.393. The molecule has 0 aliphatic rings. The quantitative estimate of drug-likeness (QED) is 0.491. The summed E-state index contributed by atoms with van der Waals surface area (Å²) in [6.07, 6.45) is 1.94. The first-order valence-corrected chi connectivity index (χ1v) is 6.59. The van der Waals surface area contributed by atoms with Crippen LogP contribution in [-0.2, 0) is 9.53 Å². The van der Waals surface area contributed by atoms with Gasteiger partial charge in [-0.1, -0.05) is 6.58 Å². The van der Waals surface area contributed by atoms with E-state index in [1.54, 1.807) is 25.6 Å². The number of carbonyl (C=O) groups excluding carboxylic acids is 1. The zero-order valence-corrected chi connectivity index (χ0v) is 11.0. The van der Waals surface area contributed by atoms with Crippen LogP contribution in [0.1, 0.15) is 13.8 Å². The molecule has 0 bridgehead atoms. The largest absolute Gasteiger partial charge is 0.463 e. The Bertz CT molecular complexity index is 241. The van der Waals surface area contributed by atoms with Crippen molar-refractivity contribution in [3.05, 3.63) is 12.2 Å². The highest BCUT2D eigenvalue weighted by molar-refractivity contribution is 7.98. The Morgan fingerprint density at radius 3 is 2.75 bits per heavy atom. The Morgan fingerprint density at radius 2 is 2.25 bits per heavy atom. The fourth-order valence-corrected chi connectivity index (χ4v) is 1.87. The summed E-state index contributed by atoms with van der Waals surface area (Å²) in [7, 11) is 0. The standard InChI is InChI=1S/C11H21NO3S/c1-5-15-10(13)9(2)6-12-7-11(3,14)8-16-4/h12,14H,2,5-8H2,1,3-4H3. The van der Waals surface area contributed by atoms with Gasteiger partial charge in [0.15, 0.2) is 0 Å². The van der Waals surface area contributed by atoms with Crippen molar-refractivity contribution in [3.8, 4) is 0 Å². The molecule has 0 spiro atoms. The fourth-order valence-electron chi connectivity index (χ4n) is 1.15. The van der Waals surface area contributed by atoms with Gasteiger partial charge < -0.3 is 15.2 Å². The fraction of sp³-hybridized carbons (Fsp3) is 0.727. The van der Waals surface area contributed by atoms with Gasteiger partial charge in [0.25, 0.3) is 0 Å². The van der Waals surface area contributed by atoms with Crippen LogP contribution in [0, 0.1) is 0 Å². The van der Waals surface area contributed by atoms with Crippen molar-refractivity contribution in [3.63, 3.8) is 0 Å². The second-order valence-corrected chi connectivity index (χ2v) is 4.72. The summed E-state index contributed by atoms with van der Waals surface area (Å²) >= 11 is 1.58. The SMILES string of the molecule is C=C(CNCC(C)(O)CSC)C(=O)OCC. The van der Waals surface area contributed by atoms with Gasteiger partial charge in [-0.2, -0.15) is 11.8 Å². The van der Waals surface area contributed by atoms with Crippen LogP contribution in [0.5, 0.6) is 0 Å². The molecule has 0 aliphatic heterocycles. The number of ether oxygens (including phenoxy) is 1. The van der Waals surface area contributed by atoms with Crippen molar-refractivity contribution in [2.24, 2.45) is 0 Å². The zero-order valence-electron chi connectivity index (χ0n) is 10.2. The summed E-state index contributed by atoms with van der Waals surface area (Å²) in [4.78, 5) is 11.2. The Balaban J connectivity index is 3.81. The third-order valence-electron chi connectivity index (χ3n) is 1.86. The minimum Gasteiger partial charge on any atom is -0.463 e. The van der Waals surface area contributed by atoms with Crippen LogP contribution in [0.4, 0.5) is 0 Å². The molecule has 16 heavy (non-hydrogen) atoms. The Kier molecular flexibility index (Phi) is 7.45. The van der Waals surface area contributed by atoms with E-state index in [2.05, 4.69) is 11.9 Å². The third kappa shape index (κ3) is 6.87. The van der Waals surface area contributed by atoms with E-state index >= 15 is 0 Å². The van der Waals surface area contributed by atoms with Crippen LogP contribution < -0.4 is 5.32 Å². The van der Waals surface area contributed by atoms with Gasteiger partial charge in [-0.05, 0) is 20.1 Å². The Hall–Kier alpha value is -0.520. The third-order valence-corrected chi connectivity index (χ3v) is 2.77. The highest BCUT2D eigenvalue weighted by Crippen LogP contribution is 2.09. The molecule has 0 heterocycles. The first kappa shape index (κ1) is 15.5. The maximum atomic E-state index is 11.2. The van der Waals surface area contributed by atoms with Crippen molar-refractivity contribution in [2.75, 3.05) is 31.7 Å². The molecule has 1 unspecified atom stereocenters. The lowest BCUT2D eigenvalue weighted by atomic mass is 10.1. The molecular formula is C11H21NO3S. The smallest absolute Gasteiger partial charge is 0.334 e. The lowest BCUT2D eigenvalue weighted by molar-refractivity contribution is -0.138. The van der Waals surface area contributed by atoms with Gasteiger partial charge in [-0.25, -0.2) is 4.79 Å². The van der Waals surface area contributed by atoms with Crippen LogP contribution in [0.2, 0.25) is 0 Å². The second-order valence-electron chi connectivity index (χ2n) is 3.86. The van der Waals surface area contributed by atoms with Gasteiger partial charge in [-0.3, -0.25) is 0 Å². The van der Waals surface area contributed by atoms with E-state index in [0.717, 1.165) is 0 Å². The maximum Gasteiger partial charge on any atom is 0.334 e. The normalized spacial score (nSPS) is 14.2. The first-order valence-electron chi connectivity index (χ1n) is 5.20. The average molecular weight is 247 g/mol. The molecule has 1 atom stereocenters. The number of rotatable bonds is 8. The van der Waals surface area contributed by atoms with Crippen LogP contribution in [0.25, 0.3) is 0 Å². The first-order chi connectivity index (χ1) is 7.43. The summed E-state index contributed by atoms with van der Waals surface area (Å²) in [6, 6.07) is 0. The highest BCUT2D eigenvalue weighted by Gasteiger charge is 2.19. The molecule has 0 aromatic rings. The lowest BCUT2D eigenvalue weighted by Crippen LogP contribution is -2.41. The van der Waals surface area contributed by atoms with Gasteiger partial charge >= 0.3 is 5.97 Å². The second kappa shape index (κ2) is 7.70. The predicted octanol–water partition coefficient (Wildman–Crippen LogP) is 0.809. The Morgan fingerprint density at radius 1 is 1.62 bits per heavy atom. The molecule has 0 amide bonds. The van der Waals surface area contributed by atoms with Crippen molar-refractivity contribution in [1.29, 1.82) is 0 Å². The number of hydrogen-bond donors (Lipinski definition) is 2. The molecule has 0 aromatic carbocycles. The van der Waals surface area contributed by atoms with E-state index in [4.69, 9.17) is 4.74 Å². The van der Waals surface area contributed by atoms with E-state index in [1.165, 1.54) is 0 Å². The molecule has 94 valence electrons. The van der Waals surface area contributed by atoms with Crippen molar-refractivity contribution < 1.29 is 14.6 Å². The molecule has 0 radical (unpaired) electrons. The molecule has 0 rings (SSSR count). The van der Waals surface area contributed by atoms with Gasteiger partial charge in [0, 0.05) is 24.4 Å². The van der Waals surface area contributed by atoms with Crippen molar-refractivity contribution in [1.82, 2.24) is 5.32 Å². The van der Waals surface area contributed by atoms with Crippen LogP contribution in [0.15, 0.2) is 12.2 Å². The molecular weight excluding hydrogens is 226 g/mol. The van der Waals surface area contributed by atoms with Crippen LogP contribution in [-0.4, -0.2) is 48.4 Å². The predicted molar refractivity (Wildman–Crippen MR) is 67.6 cm³/mol. The van der Waals surface area contributed by atoms with Crippen molar-refractivity contribution >= 4 is 17.7 Å². The topological polar surface area (TPSA) is 58.6 Å². The van der Waals surface area contributed by atoms with Gasteiger partial charge in [0.2, 0.25) is 0 Å². The van der Waals surface area contributed by atoms with Gasteiger partial charge in [0.05, 0.1) is 12.2 Å². The summed E-state index contributed by atoms with van der Waals surface area (Å²) in [5.74, 6) is 0.255. The van der Waals surface area contributed by atoms with Gasteiger partial charge in [-0.15, -0.1) is 0 Å². The van der Waals surface area contributed by atoms with E-state index in [9.17, 15) is 9.90 Å². The lowest BCUT2D eigenvalue weighted by Gasteiger charge is -2.22. The van der Waals surface area contributed by atoms with E-state index in [0.29, 0.717) is 31.0 Å². The van der Waals surface area contributed by atoms with Crippen LogP contribution >= 0.6 is 11.8 Å². The van der Waals surface area contributed by atoms with Gasteiger partial charge in [0.1, 0.15) is 0 Å². The van der Waals surface area contributed by atoms with E-state index in [1.807, 2.05) is 6.26 Å². The molecule has 0 saturated carbocycles. The van der Waals surface area contributed by atoms with E-state index in [-0.39, 0.29) is 5.97 Å². The number of nitrogens with one attached hydrogen (secondary N) is 1.